The van der Waals surface area contributed by atoms with Gasteiger partial charge in [0.15, 0.2) is 0 Å². The number of aromatic nitrogens is 1. The largest absolute Gasteiger partial charge is 0.469 e. The van der Waals surface area contributed by atoms with Crippen LogP contribution in [0.4, 0.5) is 0 Å². The van der Waals surface area contributed by atoms with E-state index < -0.39 is 0 Å². The Labute approximate surface area is 112 Å². The molecule has 98 valence electrons. The Hall–Kier alpha value is -1.13. The van der Waals surface area contributed by atoms with Gasteiger partial charge in [-0.05, 0) is 32.4 Å². The van der Waals surface area contributed by atoms with E-state index in [1.54, 1.807) is 17.6 Å². The summed E-state index contributed by atoms with van der Waals surface area (Å²) in [6.45, 7) is 6.50. The second kappa shape index (κ2) is 6.16. The van der Waals surface area contributed by atoms with E-state index in [2.05, 4.69) is 31.1 Å². The number of rotatable bonds is 6. The lowest BCUT2D eigenvalue weighted by atomic mass is 10.2. The van der Waals surface area contributed by atoms with Gasteiger partial charge in [0, 0.05) is 23.5 Å². The van der Waals surface area contributed by atoms with Gasteiger partial charge in [-0.2, -0.15) is 0 Å². The molecule has 2 rings (SSSR count). The van der Waals surface area contributed by atoms with Crippen LogP contribution in [0.5, 0.6) is 0 Å². The highest BCUT2D eigenvalue weighted by atomic mass is 32.1. The number of nitrogens with zero attached hydrogens (tertiary/aromatic N) is 1. The Balaban J connectivity index is 1.88. The molecule has 0 saturated heterocycles. The van der Waals surface area contributed by atoms with Crippen molar-refractivity contribution in [3.8, 4) is 0 Å². The lowest BCUT2D eigenvalue weighted by molar-refractivity contribution is 0.428. The molecule has 0 aliphatic carbocycles. The zero-order valence-electron chi connectivity index (χ0n) is 11.1. The number of furan rings is 1. The molecule has 2 heterocycles. The molecule has 2 atom stereocenters. The van der Waals surface area contributed by atoms with E-state index in [9.17, 15) is 0 Å². The molecule has 0 bridgehead atoms. The van der Waals surface area contributed by atoms with Gasteiger partial charge >= 0.3 is 0 Å². The average molecular weight is 264 g/mol. The molecular weight excluding hydrogens is 244 g/mol. The zero-order chi connectivity index (χ0) is 13.0. The Kier molecular flexibility index (Phi) is 4.55. The summed E-state index contributed by atoms with van der Waals surface area (Å²) in [6, 6.07) is 4.61. The zero-order valence-corrected chi connectivity index (χ0v) is 12.0. The summed E-state index contributed by atoms with van der Waals surface area (Å²) in [5, 5.41) is 4.72. The lowest BCUT2D eigenvalue weighted by Crippen LogP contribution is -2.30. The van der Waals surface area contributed by atoms with Crippen molar-refractivity contribution in [3.63, 3.8) is 0 Å². The Morgan fingerprint density at radius 3 is 2.89 bits per heavy atom. The molecule has 0 aromatic carbocycles. The highest BCUT2D eigenvalue weighted by Crippen LogP contribution is 2.21. The van der Waals surface area contributed by atoms with E-state index in [1.165, 1.54) is 4.88 Å². The van der Waals surface area contributed by atoms with Crippen LogP contribution in [0.25, 0.3) is 0 Å². The number of thiazole rings is 1. The second-order valence-electron chi connectivity index (χ2n) is 4.59. The fourth-order valence-electron chi connectivity index (χ4n) is 1.97. The molecule has 0 aliphatic heterocycles. The van der Waals surface area contributed by atoms with Gasteiger partial charge in [0.1, 0.15) is 10.8 Å². The fourth-order valence-corrected chi connectivity index (χ4v) is 2.84. The minimum atomic E-state index is 0.292. The molecule has 0 spiro atoms. The van der Waals surface area contributed by atoms with Crippen molar-refractivity contribution >= 4 is 11.3 Å². The third kappa shape index (κ3) is 3.43. The van der Waals surface area contributed by atoms with E-state index >= 15 is 0 Å². The van der Waals surface area contributed by atoms with Gasteiger partial charge in [0.25, 0.3) is 0 Å². The average Bonchev–Trinajstić information content (AvgIpc) is 2.98. The van der Waals surface area contributed by atoms with Gasteiger partial charge in [-0.3, -0.25) is 0 Å². The van der Waals surface area contributed by atoms with Crippen LogP contribution in [-0.2, 0) is 12.8 Å². The van der Waals surface area contributed by atoms with Gasteiger partial charge in [0.05, 0.1) is 12.3 Å². The molecular formula is C14H20N2OS. The summed E-state index contributed by atoms with van der Waals surface area (Å²) < 4.78 is 5.36. The first-order valence-electron chi connectivity index (χ1n) is 6.42. The molecule has 0 fully saturated rings. The van der Waals surface area contributed by atoms with E-state index in [-0.39, 0.29) is 0 Å². The summed E-state index contributed by atoms with van der Waals surface area (Å²) in [4.78, 5) is 5.81. The van der Waals surface area contributed by atoms with Crippen molar-refractivity contribution in [2.75, 3.05) is 0 Å². The molecule has 0 amide bonds. The standard InChI is InChI=1S/C14H20N2OS/c1-4-13-9-15-14(18-13)11(3)16-10(2)8-12-6-5-7-17-12/h5-7,9-11,16H,4,8H2,1-3H3. The van der Waals surface area contributed by atoms with Crippen molar-refractivity contribution in [1.29, 1.82) is 0 Å². The van der Waals surface area contributed by atoms with Gasteiger partial charge in [-0.15, -0.1) is 11.3 Å². The molecule has 2 aromatic heterocycles. The molecule has 4 heteroatoms. The summed E-state index contributed by atoms with van der Waals surface area (Å²) >= 11 is 1.79. The number of hydrogen-bond donors (Lipinski definition) is 1. The number of nitrogens with one attached hydrogen (secondary N) is 1. The highest BCUT2D eigenvalue weighted by Gasteiger charge is 2.13. The van der Waals surface area contributed by atoms with E-state index in [0.717, 1.165) is 23.6 Å². The van der Waals surface area contributed by atoms with E-state index in [0.29, 0.717) is 12.1 Å². The van der Waals surface area contributed by atoms with Crippen LogP contribution < -0.4 is 5.32 Å². The smallest absolute Gasteiger partial charge is 0.109 e. The molecule has 2 aromatic rings. The second-order valence-corrected chi connectivity index (χ2v) is 5.74. The Morgan fingerprint density at radius 2 is 2.28 bits per heavy atom. The molecule has 0 saturated carbocycles. The summed E-state index contributed by atoms with van der Waals surface area (Å²) in [7, 11) is 0. The fraction of sp³-hybridized carbons (Fsp3) is 0.500. The van der Waals surface area contributed by atoms with Crippen LogP contribution >= 0.6 is 11.3 Å². The number of hydrogen-bond acceptors (Lipinski definition) is 4. The predicted molar refractivity (Wildman–Crippen MR) is 74.9 cm³/mol. The molecule has 18 heavy (non-hydrogen) atoms. The van der Waals surface area contributed by atoms with Gasteiger partial charge in [-0.25, -0.2) is 4.98 Å². The SMILES string of the molecule is CCc1cnc(C(C)NC(C)Cc2ccco2)s1. The Morgan fingerprint density at radius 1 is 1.44 bits per heavy atom. The maximum absolute atomic E-state index is 5.36. The van der Waals surface area contributed by atoms with Crippen LogP contribution in [0.15, 0.2) is 29.0 Å². The van der Waals surface area contributed by atoms with Crippen molar-refractivity contribution in [3.05, 3.63) is 40.2 Å². The maximum Gasteiger partial charge on any atom is 0.109 e. The van der Waals surface area contributed by atoms with E-state index in [4.69, 9.17) is 4.42 Å². The molecule has 2 unspecified atom stereocenters. The van der Waals surface area contributed by atoms with Crippen molar-refractivity contribution in [2.45, 2.75) is 45.7 Å². The third-order valence-corrected chi connectivity index (χ3v) is 4.24. The van der Waals surface area contributed by atoms with Crippen LogP contribution in [0.3, 0.4) is 0 Å². The van der Waals surface area contributed by atoms with Gasteiger partial charge < -0.3 is 9.73 Å². The normalized spacial score (nSPS) is 14.6. The lowest BCUT2D eigenvalue weighted by Gasteiger charge is -2.17. The first kappa shape index (κ1) is 13.3. The van der Waals surface area contributed by atoms with E-state index in [1.807, 2.05) is 18.3 Å². The topological polar surface area (TPSA) is 38.1 Å². The maximum atomic E-state index is 5.36. The van der Waals surface area contributed by atoms with Gasteiger partial charge in [0.2, 0.25) is 0 Å². The van der Waals surface area contributed by atoms with Crippen LogP contribution in [0, 0.1) is 0 Å². The molecule has 0 aliphatic rings. The molecule has 3 nitrogen and oxygen atoms in total. The predicted octanol–water partition coefficient (Wildman–Crippen LogP) is 3.58. The first-order valence-corrected chi connectivity index (χ1v) is 7.23. The summed E-state index contributed by atoms with van der Waals surface area (Å²) in [5.41, 5.74) is 0. The van der Waals surface area contributed by atoms with Crippen molar-refractivity contribution in [2.24, 2.45) is 0 Å². The third-order valence-electron chi connectivity index (χ3n) is 2.91. The summed E-state index contributed by atoms with van der Waals surface area (Å²) in [5.74, 6) is 1.02. The minimum absolute atomic E-state index is 0.292. The van der Waals surface area contributed by atoms with Crippen molar-refractivity contribution in [1.82, 2.24) is 10.3 Å². The summed E-state index contributed by atoms with van der Waals surface area (Å²) in [6.07, 6.45) is 5.67. The van der Waals surface area contributed by atoms with Crippen LogP contribution in [-0.4, -0.2) is 11.0 Å². The van der Waals surface area contributed by atoms with Crippen molar-refractivity contribution < 1.29 is 4.42 Å². The monoisotopic (exact) mass is 264 g/mol. The quantitative estimate of drug-likeness (QED) is 0.866. The highest BCUT2D eigenvalue weighted by molar-refractivity contribution is 7.11. The molecule has 0 radical (unpaired) electrons. The van der Waals surface area contributed by atoms with Gasteiger partial charge in [-0.1, -0.05) is 6.92 Å². The number of aryl methyl sites for hydroxylation is 1. The minimum Gasteiger partial charge on any atom is -0.469 e. The first-order chi connectivity index (χ1) is 8.69. The van der Waals surface area contributed by atoms with Crippen LogP contribution in [0.1, 0.15) is 42.5 Å². The molecule has 1 N–H and O–H groups in total. The Bertz CT molecular complexity index is 464. The van der Waals surface area contributed by atoms with Crippen LogP contribution in [0.2, 0.25) is 0 Å².